The number of nitrogens with two attached hydrogens (primary N) is 1. The molecule has 4 nitrogen and oxygen atoms in total. The van der Waals surface area contributed by atoms with E-state index in [-0.39, 0.29) is 10.9 Å². The summed E-state index contributed by atoms with van der Waals surface area (Å²) in [7, 11) is -3.55. The fourth-order valence-electron chi connectivity index (χ4n) is 2.94. The first kappa shape index (κ1) is 16.6. The van der Waals surface area contributed by atoms with Crippen LogP contribution in [0.25, 0.3) is 0 Å². The predicted molar refractivity (Wildman–Crippen MR) is 87.0 cm³/mol. The van der Waals surface area contributed by atoms with E-state index in [2.05, 4.69) is 0 Å². The van der Waals surface area contributed by atoms with Crippen molar-refractivity contribution < 1.29 is 8.42 Å². The number of hydrogen-bond acceptors (Lipinski definition) is 3. The molecule has 21 heavy (non-hydrogen) atoms. The first-order chi connectivity index (χ1) is 9.87. The van der Waals surface area contributed by atoms with Crippen molar-refractivity contribution >= 4 is 27.3 Å². The van der Waals surface area contributed by atoms with Gasteiger partial charge in [0.25, 0.3) is 0 Å². The lowest BCUT2D eigenvalue weighted by atomic mass is 10.1. The second kappa shape index (κ2) is 6.55. The van der Waals surface area contributed by atoms with Gasteiger partial charge in [-0.3, -0.25) is 0 Å². The van der Waals surface area contributed by atoms with Gasteiger partial charge in [-0.25, -0.2) is 8.42 Å². The van der Waals surface area contributed by atoms with Crippen molar-refractivity contribution in [3.8, 4) is 0 Å². The summed E-state index contributed by atoms with van der Waals surface area (Å²) in [6.45, 7) is 4.35. The molecular weight excluding hydrogens is 308 g/mol. The second-order valence-corrected chi connectivity index (χ2v) is 7.94. The molecule has 1 aliphatic rings. The largest absolute Gasteiger partial charge is 0.398 e. The molecule has 1 fully saturated rings. The highest BCUT2D eigenvalue weighted by atomic mass is 35.5. The molecule has 0 spiro atoms. The van der Waals surface area contributed by atoms with E-state index >= 15 is 0 Å². The molecule has 1 aromatic rings. The molecule has 0 amide bonds. The number of rotatable bonds is 3. The summed E-state index contributed by atoms with van der Waals surface area (Å²) in [5.74, 6) is 0. The number of anilines is 1. The zero-order valence-electron chi connectivity index (χ0n) is 12.6. The number of benzene rings is 1. The van der Waals surface area contributed by atoms with Crippen molar-refractivity contribution in [3.63, 3.8) is 0 Å². The minimum absolute atomic E-state index is 0.0668. The van der Waals surface area contributed by atoms with Gasteiger partial charge < -0.3 is 5.73 Å². The van der Waals surface area contributed by atoms with Crippen molar-refractivity contribution in [3.05, 3.63) is 22.7 Å². The molecule has 0 bridgehead atoms. The second-order valence-electron chi connectivity index (χ2n) is 5.65. The van der Waals surface area contributed by atoms with Gasteiger partial charge in [-0.1, -0.05) is 31.4 Å². The Bertz CT molecular complexity index is 616. The van der Waals surface area contributed by atoms with Crippen LogP contribution in [0.5, 0.6) is 0 Å². The first-order valence-corrected chi connectivity index (χ1v) is 9.27. The summed E-state index contributed by atoms with van der Waals surface area (Å²) in [6, 6.07) is 3.17. The molecular formula is C15H23ClN2O2S. The Morgan fingerprint density at radius 1 is 1.33 bits per heavy atom. The Kier molecular flexibility index (Phi) is 5.17. The molecule has 0 radical (unpaired) electrons. The molecule has 1 saturated heterocycles. The van der Waals surface area contributed by atoms with Crippen molar-refractivity contribution in [2.75, 3.05) is 12.3 Å². The Morgan fingerprint density at radius 2 is 2.05 bits per heavy atom. The molecule has 1 unspecified atom stereocenters. The van der Waals surface area contributed by atoms with Crippen molar-refractivity contribution in [2.24, 2.45) is 0 Å². The van der Waals surface area contributed by atoms with E-state index in [0.717, 1.165) is 32.1 Å². The van der Waals surface area contributed by atoms with Gasteiger partial charge in [0.2, 0.25) is 10.0 Å². The molecule has 1 atom stereocenters. The molecule has 0 aromatic heterocycles. The summed E-state index contributed by atoms with van der Waals surface area (Å²) < 4.78 is 27.7. The third kappa shape index (κ3) is 3.35. The summed E-state index contributed by atoms with van der Waals surface area (Å²) >= 11 is 6.01. The Labute approximate surface area is 132 Å². The number of halogens is 1. The number of sulfonamides is 1. The van der Waals surface area contributed by atoms with Crippen LogP contribution in [0.1, 0.15) is 44.6 Å². The smallest absolute Gasteiger partial charge is 0.243 e. The van der Waals surface area contributed by atoms with Gasteiger partial charge in [0, 0.05) is 23.3 Å². The number of nitrogen functional groups attached to an aromatic ring is 1. The summed E-state index contributed by atoms with van der Waals surface area (Å²) in [4.78, 5) is 0.243. The highest BCUT2D eigenvalue weighted by Gasteiger charge is 2.33. The Morgan fingerprint density at radius 3 is 2.71 bits per heavy atom. The molecule has 1 aromatic carbocycles. The lowest BCUT2D eigenvalue weighted by molar-refractivity contribution is 0.315. The van der Waals surface area contributed by atoms with Crippen LogP contribution in [0.2, 0.25) is 5.02 Å². The van der Waals surface area contributed by atoms with E-state index < -0.39 is 10.0 Å². The van der Waals surface area contributed by atoms with E-state index in [1.54, 1.807) is 17.3 Å². The van der Waals surface area contributed by atoms with E-state index in [0.29, 0.717) is 22.8 Å². The lowest BCUT2D eigenvalue weighted by Crippen LogP contribution is -2.39. The Balaban J connectivity index is 2.50. The monoisotopic (exact) mass is 330 g/mol. The van der Waals surface area contributed by atoms with Crippen LogP contribution in [0.4, 0.5) is 5.69 Å². The summed E-state index contributed by atoms with van der Waals surface area (Å²) in [6.07, 6.45) is 4.82. The van der Waals surface area contributed by atoms with Gasteiger partial charge in [-0.15, -0.1) is 0 Å². The van der Waals surface area contributed by atoms with Gasteiger partial charge in [-0.05, 0) is 43.9 Å². The van der Waals surface area contributed by atoms with Crippen LogP contribution >= 0.6 is 11.6 Å². The molecule has 2 N–H and O–H groups in total. The van der Waals surface area contributed by atoms with Crippen LogP contribution in [0.15, 0.2) is 17.0 Å². The highest BCUT2D eigenvalue weighted by molar-refractivity contribution is 7.89. The maximum atomic E-state index is 13.0. The summed E-state index contributed by atoms with van der Waals surface area (Å²) in [5.41, 5.74) is 6.88. The molecule has 6 heteroatoms. The van der Waals surface area contributed by atoms with E-state index in [4.69, 9.17) is 17.3 Å². The molecule has 1 heterocycles. The van der Waals surface area contributed by atoms with Gasteiger partial charge in [0.1, 0.15) is 0 Å². The highest BCUT2D eigenvalue weighted by Crippen LogP contribution is 2.31. The van der Waals surface area contributed by atoms with Crippen molar-refractivity contribution in [1.29, 1.82) is 0 Å². The lowest BCUT2D eigenvalue weighted by Gasteiger charge is -2.29. The van der Waals surface area contributed by atoms with E-state index in [1.165, 1.54) is 6.07 Å². The summed E-state index contributed by atoms with van der Waals surface area (Å²) in [5, 5.41) is 0.361. The average Bonchev–Trinajstić information content (AvgIpc) is 2.68. The standard InChI is InChI=1S/C15H23ClN2O2S/c1-3-13-7-5-4-6-8-18(13)21(19,20)15-10-12(16)9-14(17)11(15)2/h9-10,13H,3-8,17H2,1-2H3. The van der Waals surface area contributed by atoms with Crippen molar-refractivity contribution in [1.82, 2.24) is 4.31 Å². The topological polar surface area (TPSA) is 63.4 Å². The van der Waals surface area contributed by atoms with Gasteiger partial charge in [0.15, 0.2) is 0 Å². The van der Waals surface area contributed by atoms with Crippen molar-refractivity contribution in [2.45, 2.75) is 56.9 Å². The van der Waals surface area contributed by atoms with E-state index in [9.17, 15) is 8.42 Å². The van der Waals surface area contributed by atoms with Gasteiger partial charge >= 0.3 is 0 Å². The fraction of sp³-hybridized carbons (Fsp3) is 0.600. The zero-order chi connectivity index (χ0) is 15.6. The molecule has 118 valence electrons. The van der Waals surface area contributed by atoms with Crippen LogP contribution < -0.4 is 5.73 Å². The third-order valence-corrected chi connectivity index (χ3v) is 6.54. The van der Waals surface area contributed by atoms with E-state index in [1.807, 2.05) is 6.92 Å². The van der Waals surface area contributed by atoms with Crippen LogP contribution in [0.3, 0.4) is 0 Å². The third-order valence-electron chi connectivity index (χ3n) is 4.25. The molecule has 0 saturated carbocycles. The minimum atomic E-state index is -3.55. The molecule has 2 rings (SSSR count). The molecule has 1 aliphatic heterocycles. The minimum Gasteiger partial charge on any atom is -0.398 e. The van der Waals surface area contributed by atoms with Crippen LogP contribution in [-0.2, 0) is 10.0 Å². The number of nitrogens with zero attached hydrogens (tertiary/aromatic N) is 1. The van der Waals surface area contributed by atoms with Crippen LogP contribution in [-0.4, -0.2) is 25.3 Å². The SMILES string of the molecule is CCC1CCCCCN1S(=O)(=O)c1cc(Cl)cc(N)c1C. The Hall–Kier alpha value is -0.780. The first-order valence-electron chi connectivity index (χ1n) is 7.45. The van der Waals surface area contributed by atoms with Gasteiger partial charge in [-0.2, -0.15) is 4.31 Å². The number of hydrogen-bond donors (Lipinski definition) is 1. The maximum Gasteiger partial charge on any atom is 0.243 e. The zero-order valence-corrected chi connectivity index (χ0v) is 14.2. The normalized spacial score (nSPS) is 21.2. The fourth-order valence-corrected chi connectivity index (χ4v) is 5.28. The predicted octanol–water partition coefficient (Wildman–Crippen LogP) is 3.57. The van der Waals surface area contributed by atoms with Crippen LogP contribution in [0, 0.1) is 6.92 Å². The van der Waals surface area contributed by atoms with Gasteiger partial charge in [0.05, 0.1) is 4.90 Å². The molecule has 0 aliphatic carbocycles. The quantitative estimate of drug-likeness (QED) is 0.862. The maximum absolute atomic E-state index is 13.0. The average molecular weight is 331 g/mol.